The normalized spacial score (nSPS) is 23.7. The molecule has 0 bridgehead atoms. The van der Waals surface area contributed by atoms with Crippen LogP contribution in [0.15, 0.2) is 18.2 Å². The minimum Gasteiger partial charge on any atom is -0.329 e. The standard InChI is InChI=1S/C18H29N3/c1-20(2)12-14-8-9-15-13-21(16-6-4-3-5-7-16)18(11-19)17(15)10-14/h8-10,16,18H,3-7,11-13,19H2,1-2H3. The molecular weight excluding hydrogens is 258 g/mol. The van der Waals surface area contributed by atoms with E-state index in [0.717, 1.165) is 25.7 Å². The summed E-state index contributed by atoms with van der Waals surface area (Å²) >= 11 is 0. The van der Waals surface area contributed by atoms with Gasteiger partial charge in [-0.25, -0.2) is 0 Å². The van der Waals surface area contributed by atoms with Crippen molar-refractivity contribution in [2.75, 3.05) is 20.6 Å². The van der Waals surface area contributed by atoms with E-state index in [1.54, 1.807) is 0 Å². The third-order valence-corrected chi connectivity index (χ3v) is 5.09. The van der Waals surface area contributed by atoms with Gasteiger partial charge in [0.1, 0.15) is 0 Å². The van der Waals surface area contributed by atoms with Gasteiger partial charge in [-0.05, 0) is 43.6 Å². The van der Waals surface area contributed by atoms with Crippen molar-refractivity contribution in [1.29, 1.82) is 0 Å². The second kappa shape index (κ2) is 6.47. The van der Waals surface area contributed by atoms with Crippen LogP contribution in [0.25, 0.3) is 0 Å². The molecule has 0 aromatic heterocycles. The first kappa shape index (κ1) is 15.0. The molecule has 1 heterocycles. The highest BCUT2D eigenvalue weighted by atomic mass is 15.2. The van der Waals surface area contributed by atoms with E-state index in [4.69, 9.17) is 5.73 Å². The summed E-state index contributed by atoms with van der Waals surface area (Å²) in [6, 6.07) is 8.20. The molecule has 2 aliphatic rings. The summed E-state index contributed by atoms with van der Waals surface area (Å²) in [6.07, 6.45) is 6.91. The number of rotatable bonds is 4. The topological polar surface area (TPSA) is 32.5 Å². The fraction of sp³-hybridized carbons (Fsp3) is 0.667. The van der Waals surface area contributed by atoms with Crippen LogP contribution in [-0.2, 0) is 13.1 Å². The Kier molecular flexibility index (Phi) is 4.63. The third kappa shape index (κ3) is 3.15. The maximum Gasteiger partial charge on any atom is 0.0480 e. The van der Waals surface area contributed by atoms with Crippen molar-refractivity contribution in [2.24, 2.45) is 5.73 Å². The van der Waals surface area contributed by atoms with Crippen LogP contribution < -0.4 is 5.73 Å². The molecule has 0 spiro atoms. The van der Waals surface area contributed by atoms with Crippen LogP contribution in [0.5, 0.6) is 0 Å². The molecule has 1 atom stereocenters. The van der Waals surface area contributed by atoms with Crippen molar-refractivity contribution >= 4 is 0 Å². The highest BCUT2D eigenvalue weighted by Gasteiger charge is 2.34. The number of hydrogen-bond donors (Lipinski definition) is 1. The van der Waals surface area contributed by atoms with E-state index in [9.17, 15) is 0 Å². The molecule has 21 heavy (non-hydrogen) atoms. The summed E-state index contributed by atoms with van der Waals surface area (Å²) in [7, 11) is 4.25. The molecule has 0 radical (unpaired) electrons. The highest BCUT2D eigenvalue weighted by molar-refractivity contribution is 5.38. The Hall–Kier alpha value is -0.900. The van der Waals surface area contributed by atoms with Gasteiger partial charge in [0.2, 0.25) is 0 Å². The summed E-state index contributed by atoms with van der Waals surface area (Å²) in [5, 5.41) is 0. The lowest BCUT2D eigenvalue weighted by atomic mass is 9.93. The van der Waals surface area contributed by atoms with Crippen LogP contribution in [0.1, 0.15) is 54.8 Å². The molecule has 1 saturated carbocycles. The molecule has 1 aromatic carbocycles. The second-order valence-electron chi connectivity index (χ2n) is 6.99. The molecular formula is C18H29N3. The number of nitrogens with two attached hydrogens (primary N) is 1. The molecule has 1 unspecified atom stereocenters. The van der Waals surface area contributed by atoms with Gasteiger partial charge in [-0.1, -0.05) is 37.5 Å². The third-order valence-electron chi connectivity index (χ3n) is 5.09. The van der Waals surface area contributed by atoms with Crippen molar-refractivity contribution in [2.45, 2.75) is 57.3 Å². The molecule has 1 aliphatic heterocycles. The monoisotopic (exact) mass is 287 g/mol. The smallest absolute Gasteiger partial charge is 0.0480 e. The molecule has 3 nitrogen and oxygen atoms in total. The number of nitrogens with zero attached hydrogens (tertiary/aromatic N) is 2. The zero-order valence-electron chi connectivity index (χ0n) is 13.5. The van der Waals surface area contributed by atoms with Crippen LogP contribution in [0.4, 0.5) is 0 Å². The lowest BCUT2D eigenvalue weighted by molar-refractivity contribution is 0.117. The predicted molar refractivity (Wildman–Crippen MR) is 88.0 cm³/mol. The van der Waals surface area contributed by atoms with Crippen molar-refractivity contribution in [3.8, 4) is 0 Å². The molecule has 1 fully saturated rings. The van der Waals surface area contributed by atoms with Gasteiger partial charge in [0, 0.05) is 31.7 Å². The summed E-state index contributed by atoms with van der Waals surface area (Å²) in [5.74, 6) is 0. The zero-order valence-corrected chi connectivity index (χ0v) is 13.5. The lowest BCUT2D eigenvalue weighted by Crippen LogP contribution is -2.38. The van der Waals surface area contributed by atoms with E-state index in [1.807, 2.05) is 0 Å². The quantitative estimate of drug-likeness (QED) is 0.924. The first-order valence-corrected chi connectivity index (χ1v) is 8.41. The van der Waals surface area contributed by atoms with Gasteiger partial charge in [0.25, 0.3) is 0 Å². The van der Waals surface area contributed by atoms with Gasteiger partial charge in [-0.2, -0.15) is 0 Å². The maximum absolute atomic E-state index is 6.14. The van der Waals surface area contributed by atoms with E-state index in [0.29, 0.717) is 6.04 Å². The summed E-state index contributed by atoms with van der Waals surface area (Å²) in [5.41, 5.74) is 10.5. The summed E-state index contributed by atoms with van der Waals surface area (Å²) in [6.45, 7) is 2.85. The highest BCUT2D eigenvalue weighted by Crippen LogP contribution is 2.38. The fourth-order valence-electron chi connectivity index (χ4n) is 4.11. The SMILES string of the molecule is CN(C)Cc1ccc2c(c1)C(CN)N(C1CCCCC1)C2. The maximum atomic E-state index is 6.14. The van der Waals surface area contributed by atoms with Crippen molar-refractivity contribution in [1.82, 2.24) is 9.80 Å². The minimum atomic E-state index is 0.435. The van der Waals surface area contributed by atoms with Gasteiger partial charge >= 0.3 is 0 Å². The first-order valence-electron chi connectivity index (χ1n) is 8.41. The average Bonchev–Trinajstić information content (AvgIpc) is 2.85. The van der Waals surface area contributed by atoms with E-state index in [1.165, 1.54) is 48.8 Å². The van der Waals surface area contributed by atoms with E-state index in [2.05, 4.69) is 42.1 Å². The van der Waals surface area contributed by atoms with Crippen LogP contribution in [0.3, 0.4) is 0 Å². The second-order valence-corrected chi connectivity index (χ2v) is 6.99. The number of benzene rings is 1. The Balaban J connectivity index is 1.81. The van der Waals surface area contributed by atoms with Crippen LogP contribution >= 0.6 is 0 Å². The molecule has 116 valence electrons. The Morgan fingerprint density at radius 1 is 1.19 bits per heavy atom. The lowest BCUT2D eigenvalue weighted by Gasteiger charge is -2.35. The summed E-state index contributed by atoms with van der Waals surface area (Å²) < 4.78 is 0. The minimum absolute atomic E-state index is 0.435. The van der Waals surface area contributed by atoms with Gasteiger partial charge in [0.05, 0.1) is 0 Å². The fourth-order valence-corrected chi connectivity index (χ4v) is 4.11. The average molecular weight is 287 g/mol. The Morgan fingerprint density at radius 3 is 2.62 bits per heavy atom. The van der Waals surface area contributed by atoms with Crippen molar-refractivity contribution in [3.05, 3.63) is 34.9 Å². The van der Waals surface area contributed by atoms with E-state index >= 15 is 0 Å². The van der Waals surface area contributed by atoms with E-state index in [-0.39, 0.29) is 0 Å². The molecule has 1 aliphatic carbocycles. The van der Waals surface area contributed by atoms with Crippen LogP contribution in [0, 0.1) is 0 Å². The zero-order chi connectivity index (χ0) is 14.8. The molecule has 1 aromatic rings. The Labute approximate surface area is 129 Å². The molecule has 3 heteroatoms. The number of fused-ring (bicyclic) bond motifs is 1. The van der Waals surface area contributed by atoms with Crippen molar-refractivity contribution in [3.63, 3.8) is 0 Å². The molecule has 2 N–H and O–H groups in total. The van der Waals surface area contributed by atoms with Gasteiger partial charge in [-0.15, -0.1) is 0 Å². The Bertz CT molecular complexity index is 477. The molecule has 0 saturated heterocycles. The van der Waals surface area contributed by atoms with Crippen molar-refractivity contribution < 1.29 is 0 Å². The molecule has 3 rings (SSSR count). The largest absolute Gasteiger partial charge is 0.329 e. The van der Waals surface area contributed by atoms with Crippen LogP contribution in [-0.4, -0.2) is 36.5 Å². The Morgan fingerprint density at radius 2 is 1.95 bits per heavy atom. The summed E-state index contributed by atoms with van der Waals surface area (Å²) in [4.78, 5) is 4.91. The van der Waals surface area contributed by atoms with E-state index < -0.39 is 0 Å². The van der Waals surface area contributed by atoms with Gasteiger partial charge in [-0.3, -0.25) is 4.90 Å². The van der Waals surface area contributed by atoms with Gasteiger partial charge in [0.15, 0.2) is 0 Å². The number of hydrogen-bond acceptors (Lipinski definition) is 3. The van der Waals surface area contributed by atoms with Gasteiger partial charge < -0.3 is 10.6 Å². The first-order chi connectivity index (χ1) is 10.2. The predicted octanol–water partition coefficient (Wildman–Crippen LogP) is 2.90. The molecule has 0 amide bonds. The van der Waals surface area contributed by atoms with Crippen LogP contribution in [0.2, 0.25) is 0 Å².